The van der Waals surface area contributed by atoms with Gasteiger partial charge in [0, 0.05) is 11.1 Å². The Kier molecular flexibility index (Phi) is 11.6. The Hall–Kier alpha value is -4.48. The van der Waals surface area contributed by atoms with E-state index in [4.69, 9.17) is 27.9 Å². The number of anilines is 1. The summed E-state index contributed by atoms with van der Waals surface area (Å²) < 4.78 is 4.98. The zero-order valence-electron chi connectivity index (χ0n) is 23.2. The van der Waals surface area contributed by atoms with Crippen molar-refractivity contribution in [3.8, 4) is 0 Å². The number of carboxylic acids is 1. The number of fused-ring (bicyclic) bond motifs is 1. The quantitative estimate of drug-likeness (QED) is 0.172. The molecule has 0 aliphatic rings. The zero-order chi connectivity index (χ0) is 31.7. The first-order valence-electron chi connectivity index (χ1n) is 13.1. The highest BCUT2D eigenvalue weighted by molar-refractivity contribution is 6.40. The van der Waals surface area contributed by atoms with Crippen molar-refractivity contribution in [1.82, 2.24) is 10.6 Å². The molecule has 11 nitrogen and oxygen atoms in total. The highest BCUT2D eigenvalue weighted by atomic mass is 35.5. The summed E-state index contributed by atoms with van der Waals surface area (Å²) in [7, 11) is 0. The van der Waals surface area contributed by atoms with Crippen LogP contribution in [0.15, 0.2) is 60.7 Å². The van der Waals surface area contributed by atoms with Gasteiger partial charge < -0.3 is 25.8 Å². The minimum Gasteiger partial charge on any atom is -0.481 e. The molecule has 0 aliphatic carbocycles. The monoisotopic (exact) mass is 629 g/mol. The average molecular weight is 630 g/mol. The van der Waals surface area contributed by atoms with Crippen LogP contribution in [0.1, 0.15) is 37.0 Å². The Labute approximate surface area is 256 Å². The summed E-state index contributed by atoms with van der Waals surface area (Å²) in [5, 5.41) is 18.0. The van der Waals surface area contributed by atoms with Crippen LogP contribution in [0.3, 0.4) is 0 Å². The molecule has 0 saturated heterocycles. The predicted octanol–water partition coefficient (Wildman–Crippen LogP) is 4.00. The summed E-state index contributed by atoms with van der Waals surface area (Å²) in [6, 6.07) is 13.8. The van der Waals surface area contributed by atoms with Gasteiger partial charge >= 0.3 is 23.8 Å². The van der Waals surface area contributed by atoms with E-state index in [0.29, 0.717) is 11.1 Å². The van der Waals surface area contributed by atoms with E-state index in [1.54, 1.807) is 38.1 Å². The number of esters is 1. The summed E-state index contributed by atoms with van der Waals surface area (Å²) in [5.74, 6) is -6.56. The number of ketones is 1. The van der Waals surface area contributed by atoms with Crippen LogP contribution in [-0.2, 0) is 28.7 Å². The number of carboxylic acid groups (broad SMARTS) is 1. The molecule has 4 N–H and O–H groups in total. The van der Waals surface area contributed by atoms with Crippen molar-refractivity contribution < 1.29 is 38.6 Å². The Morgan fingerprint density at radius 3 is 2.09 bits per heavy atom. The minimum atomic E-state index is -1.62. The number of ether oxygens (including phenoxy) is 1. The van der Waals surface area contributed by atoms with Crippen LogP contribution < -0.4 is 16.0 Å². The third kappa shape index (κ3) is 9.25. The van der Waals surface area contributed by atoms with Gasteiger partial charge in [0.1, 0.15) is 12.1 Å². The van der Waals surface area contributed by atoms with E-state index in [0.717, 1.165) is 5.39 Å². The Bertz CT molecular complexity index is 1530. The van der Waals surface area contributed by atoms with Crippen molar-refractivity contribution in [3.63, 3.8) is 0 Å². The number of amides is 3. The Morgan fingerprint density at radius 1 is 0.814 bits per heavy atom. The molecule has 226 valence electrons. The molecular weight excluding hydrogens is 601 g/mol. The smallest absolute Gasteiger partial charge is 0.341 e. The fraction of sp³-hybridized carbons (Fsp3) is 0.267. The molecule has 43 heavy (non-hydrogen) atoms. The molecule has 13 heteroatoms. The van der Waals surface area contributed by atoms with E-state index in [1.165, 1.54) is 18.2 Å². The standard InChI is InChI=1S/C30H29Cl2N3O8/c1-16(2)13-23(35-29(41)28(40)33-21-12-5-8-17-7-3-4-9-18(17)21)27(39)34-22(14-25(37)38)24(36)15-43-30(42)26-19(31)10-6-11-20(26)32/h3-12,16,22-23H,13-15H2,1-2H3,(H,33,40)(H,34,39)(H,35,41)(H,37,38)/t22-,23-/m0/s1. The Morgan fingerprint density at radius 2 is 1.44 bits per heavy atom. The number of halogens is 2. The number of hydrogen-bond acceptors (Lipinski definition) is 7. The lowest BCUT2D eigenvalue weighted by atomic mass is 10.0. The van der Waals surface area contributed by atoms with Gasteiger partial charge in [-0.1, -0.05) is 79.5 Å². The van der Waals surface area contributed by atoms with Gasteiger partial charge in [0.05, 0.1) is 22.0 Å². The fourth-order valence-corrected chi connectivity index (χ4v) is 4.69. The van der Waals surface area contributed by atoms with E-state index in [1.807, 2.05) is 18.2 Å². The normalized spacial score (nSPS) is 12.2. The van der Waals surface area contributed by atoms with E-state index in [-0.39, 0.29) is 27.9 Å². The molecule has 0 fully saturated rings. The molecule has 0 radical (unpaired) electrons. The van der Waals surface area contributed by atoms with Gasteiger partial charge in [-0.05, 0) is 35.9 Å². The molecule has 0 aliphatic heterocycles. The molecule has 0 bridgehead atoms. The number of aliphatic carboxylic acids is 1. The summed E-state index contributed by atoms with van der Waals surface area (Å²) in [5.41, 5.74) is 0.210. The average Bonchev–Trinajstić information content (AvgIpc) is 2.94. The lowest BCUT2D eigenvalue weighted by Crippen LogP contribution is -2.54. The second kappa shape index (κ2) is 15.1. The van der Waals surface area contributed by atoms with E-state index < -0.39 is 60.6 Å². The van der Waals surface area contributed by atoms with Crippen LogP contribution in [-0.4, -0.2) is 59.2 Å². The third-order valence-corrected chi connectivity index (χ3v) is 6.80. The Balaban J connectivity index is 1.69. The molecule has 0 unspecified atom stereocenters. The van der Waals surface area contributed by atoms with E-state index >= 15 is 0 Å². The van der Waals surface area contributed by atoms with Crippen LogP contribution in [0.25, 0.3) is 10.8 Å². The first kappa shape index (κ1) is 33.0. The molecule has 3 rings (SSSR count). The summed E-state index contributed by atoms with van der Waals surface area (Å²) in [6.07, 6.45) is -0.772. The lowest BCUT2D eigenvalue weighted by Gasteiger charge is -2.23. The molecule has 0 saturated carbocycles. The van der Waals surface area contributed by atoms with Crippen LogP contribution in [0.4, 0.5) is 5.69 Å². The minimum absolute atomic E-state index is 0.0166. The predicted molar refractivity (Wildman–Crippen MR) is 160 cm³/mol. The summed E-state index contributed by atoms with van der Waals surface area (Å²) in [4.78, 5) is 75.4. The molecule has 0 spiro atoms. The molecule has 3 aromatic rings. The number of hydrogen-bond donors (Lipinski definition) is 4. The first-order chi connectivity index (χ1) is 20.4. The van der Waals surface area contributed by atoms with E-state index in [2.05, 4.69) is 16.0 Å². The third-order valence-electron chi connectivity index (χ3n) is 6.17. The topological polar surface area (TPSA) is 168 Å². The van der Waals surface area contributed by atoms with Gasteiger partial charge in [-0.25, -0.2) is 4.79 Å². The van der Waals surface area contributed by atoms with E-state index in [9.17, 15) is 33.9 Å². The van der Waals surface area contributed by atoms with Crippen molar-refractivity contribution in [2.75, 3.05) is 11.9 Å². The number of rotatable bonds is 12. The molecule has 0 heterocycles. The van der Waals surface area contributed by atoms with Crippen LogP contribution in [0.5, 0.6) is 0 Å². The second-order valence-corrected chi connectivity index (χ2v) is 10.7. The largest absolute Gasteiger partial charge is 0.481 e. The van der Waals surface area contributed by atoms with Gasteiger partial charge in [-0.2, -0.15) is 0 Å². The number of carbonyl (C=O) groups excluding carboxylic acids is 5. The molecule has 0 aromatic heterocycles. The summed E-state index contributed by atoms with van der Waals surface area (Å²) >= 11 is 12.0. The van der Waals surface area contributed by atoms with Crippen molar-refractivity contribution in [3.05, 3.63) is 76.3 Å². The van der Waals surface area contributed by atoms with Gasteiger partial charge in [-0.15, -0.1) is 0 Å². The van der Waals surface area contributed by atoms with Crippen molar-refractivity contribution in [2.24, 2.45) is 5.92 Å². The van der Waals surface area contributed by atoms with Gasteiger partial charge in [0.15, 0.2) is 12.4 Å². The van der Waals surface area contributed by atoms with Crippen molar-refractivity contribution in [2.45, 2.75) is 38.8 Å². The number of Topliss-reactive ketones (excluding diaryl/α,β-unsaturated/α-hetero) is 1. The summed E-state index contributed by atoms with van der Waals surface area (Å²) in [6.45, 7) is 2.64. The second-order valence-electron chi connectivity index (χ2n) is 9.93. The van der Waals surface area contributed by atoms with Gasteiger partial charge in [0.2, 0.25) is 5.91 Å². The first-order valence-corrected chi connectivity index (χ1v) is 13.9. The van der Waals surface area contributed by atoms with Crippen molar-refractivity contribution in [1.29, 1.82) is 0 Å². The van der Waals surface area contributed by atoms with Crippen LogP contribution in [0, 0.1) is 5.92 Å². The molecule has 3 amide bonds. The number of carbonyl (C=O) groups is 6. The number of benzene rings is 3. The maximum atomic E-state index is 13.2. The highest BCUT2D eigenvalue weighted by Gasteiger charge is 2.31. The molecule has 3 aromatic carbocycles. The molecule has 2 atom stereocenters. The van der Waals surface area contributed by atoms with Crippen molar-refractivity contribution >= 4 is 75.1 Å². The highest BCUT2D eigenvalue weighted by Crippen LogP contribution is 2.25. The van der Waals surface area contributed by atoms with Crippen LogP contribution in [0.2, 0.25) is 10.0 Å². The zero-order valence-corrected chi connectivity index (χ0v) is 24.7. The van der Waals surface area contributed by atoms with Gasteiger partial charge in [-0.3, -0.25) is 24.0 Å². The lowest BCUT2D eigenvalue weighted by molar-refractivity contribution is -0.141. The van der Waals surface area contributed by atoms with Gasteiger partial charge in [0.25, 0.3) is 0 Å². The molecular formula is C30H29Cl2N3O8. The van der Waals surface area contributed by atoms with Crippen LogP contribution >= 0.6 is 23.2 Å². The SMILES string of the molecule is CC(C)C[C@H](NC(=O)C(=O)Nc1cccc2ccccc12)C(=O)N[C@@H](CC(=O)O)C(=O)COC(=O)c1c(Cl)cccc1Cl. The number of nitrogens with one attached hydrogen (secondary N) is 3. The maximum Gasteiger partial charge on any atom is 0.341 e. The maximum absolute atomic E-state index is 13.2. The fourth-order valence-electron chi connectivity index (χ4n) is 4.13.